The van der Waals surface area contributed by atoms with E-state index in [-0.39, 0.29) is 12.5 Å². The number of hydrogen-bond acceptors (Lipinski definition) is 4. The molecular weight excluding hydrogens is 298 g/mol. The monoisotopic (exact) mass is 309 g/mol. The number of nitrogens with two attached hydrogens (primary N) is 1. The van der Waals surface area contributed by atoms with Crippen LogP contribution in [0, 0.1) is 0 Å². The molecule has 0 radical (unpaired) electrons. The fourth-order valence-corrected chi connectivity index (χ4v) is 2.61. The van der Waals surface area contributed by atoms with Crippen molar-refractivity contribution in [2.24, 2.45) is 5.73 Å². The minimum absolute atomic E-state index is 0.184. The number of aromatic nitrogens is 1. The quantitative estimate of drug-likeness (QED) is 0.825. The van der Waals surface area contributed by atoms with Crippen molar-refractivity contribution in [3.8, 4) is 10.6 Å². The summed E-state index contributed by atoms with van der Waals surface area (Å²) in [5, 5.41) is 5.12. The number of benzene rings is 1. The molecule has 0 atom stereocenters. The van der Waals surface area contributed by atoms with Crippen molar-refractivity contribution in [2.45, 2.75) is 5.88 Å². The Hall–Kier alpha value is -1.92. The third kappa shape index (κ3) is 3.55. The summed E-state index contributed by atoms with van der Waals surface area (Å²) in [5.74, 6) is -0.573. The average molecular weight is 310 g/mol. The van der Waals surface area contributed by atoms with Gasteiger partial charge in [0.2, 0.25) is 5.91 Å². The molecule has 0 aliphatic carbocycles. The number of rotatable bonds is 5. The van der Waals surface area contributed by atoms with Crippen LogP contribution in [-0.2, 0) is 10.7 Å². The van der Waals surface area contributed by atoms with E-state index in [9.17, 15) is 9.59 Å². The number of nitrogens with one attached hydrogen (secondary N) is 1. The van der Waals surface area contributed by atoms with Gasteiger partial charge in [-0.3, -0.25) is 9.59 Å². The number of hydrogen-bond donors (Lipinski definition) is 2. The minimum atomic E-state index is -0.582. The van der Waals surface area contributed by atoms with Crippen LogP contribution in [0.2, 0.25) is 0 Å². The van der Waals surface area contributed by atoms with Crippen LogP contribution in [0.25, 0.3) is 10.6 Å². The third-order valence-corrected chi connectivity index (χ3v) is 3.70. The lowest BCUT2D eigenvalue weighted by molar-refractivity contribution is -0.117. The molecule has 1 aromatic heterocycles. The molecule has 0 spiro atoms. The molecule has 1 heterocycles. The Balaban J connectivity index is 2.19. The van der Waals surface area contributed by atoms with Crippen LogP contribution in [0.1, 0.15) is 16.1 Å². The highest BCUT2D eigenvalue weighted by Crippen LogP contribution is 2.25. The van der Waals surface area contributed by atoms with E-state index in [0.29, 0.717) is 11.4 Å². The molecule has 7 heteroatoms. The summed E-state index contributed by atoms with van der Waals surface area (Å²) in [6.07, 6.45) is 0. The van der Waals surface area contributed by atoms with Crippen molar-refractivity contribution in [1.29, 1.82) is 0 Å². The van der Waals surface area contributed by atoms with Gasteiger partial charge >= 0.3 is 0 Å². The predicted octanol–water partition coefficient (Wildman–Crippen LogP) is 1.76. The molecule has 0 saturated carbocycles. The number of thiazole rings is 1. The van der Waals surface area contributed by atoms with Gasteiger partial charge in [0, 0.05) is 16.5 Å². The number of carbonyl (C=O) groups is 2. The number of carbonyl (C=O) groups excluding carboxylic acids is 2. The number of primary amides is 1. The number of nitrogens with zero attached hydrogens (tertiary/aromatic N) is 1. The van der Waals surface area contributed by atoms with Gasteiger partial charge in [-0.15, -0.1) is 22.9 Å². The van der Waals surface area contributed by atoms with E-state index in [4.69, 9.17) is 17.3 Å². The molecule has 20 heavy (non-hydrogen) atoms. The van der Waals surface area contributed by atoms with Gasteiger partial charge in [-0.05, 0) is 12.1 Å². The maximum Gasteiger partial charge on any atom is 0.251 e. The first kappa shape index (κ1) is 14.5. The normalized spacial score (nSPS) is 10.2. The molecule has 2 aromatic rings. The van der Waals surface area contributed by atoms with E-state index in [1.807, 2.05) is 11.4 Å². The highest BCUT2D eigenvalue weighted by molar-refractivity contribution is 7.13. The fraction of sp³-hybridized carbons (Fsp3) is 0.154. The van der Waals surface area contributed by atoms with Gasteiger partial charge in [0.05, 0.1) is 18.1 Å². The smallest absolute Gasteiger partial charge is 0.251 e. The summed E-state index contributed by atoms with van der Waals surface area (Å²) in [6.45, 7) is -0.184. The highest BCUT2D eigenvalue weighted by atomic mass is 35.5. The zero-order valence-electron chi connectivity index (χ0n) is 10.4. The topological polar surface area (TPSA) is 85.1 Å². The van der Waals surface area contributed by atoms with Gasteiger partial charge in [0.1, 0.15) is 5.01 Å². The van der Waals surface area contributed by atoms with Crippen molar-refractivity contribution in [3.05, 3.63) is 40.9 Å². The molecular formula is C13H12ClN3O2S. The zero-order valence-corrected chi connectivity index (χ0v) is 12.0. The number of amides is 2. The van der Waals surface area contributed by atoms with E-state index in [1.165, 1.54) is 11.3 Å². The molecule has 0 bridgehead atoms. The highest BCUT2D eigenvalue weighted by Gasteiger charge is 2.09. The van der Waals surface area contributed by atoms with Crippen LogP contribution in [-0.4, -0.2) is 23.3 Å². The fourth-order valence-electron chi connectivity index (χ4n) is 1.56. The maximum absolute atomic E-state index is 11.8. The largest absolute Gasteiger partial charge is 0.368 e. The maximum atomic E-state index is 11.8. The first-order valence-electron chi connectivity index (χ1n) is 5.77. The number of halogens is 1. The van der Waals surface area contributed by atoms with Gasteiger partial charge in [0.25, 0.3) is 5.91 Å². The van der Waals surface area contributed by atoms with Crippen LogP contribution in [0.3, 0.4) is 0 Å². The summed E-state index contributed by atoms with van der Waals surface area (Å²) in [4.78, 5) is 26.8. The van der Waals surface area contributed by atoms with Crippen molar-refractivity contribution in [1.82, 2.24) is 10.3 Å². The molecule has 3 N–H and O–H groups in total. The summed E-state index contributed by atoms with van der Waals surface area (Å²) in [6, 6.07) is 7.00. The lowest BCUT2D eigenvalue weighted by Gasteiger charge is -2.04. The summed E-state index contributed by atoms with van der Waals surface area (Å²) in [7, 11) is 0. The van der Waals surface area contributed by atoms with Gasteiger partial charge in [-0.25, -0.2) is 4.98 Å². The molecule has 0 aliphatic rings. The Kier molecular flexibility index (Phi) is 4.70. The van der Waals surface area contributed by atoms with E-state index < -0.39 is 5.91 Å². The van der Waals surface area contributed by atoms with E-state index >= 15 is 0 Å². The predicted molar refractivity (Wildman–Crippen MR) is 78.6 cm³/mol. The minimum Gasteiger partial charge on any atom is -0.368 e. The summed E-state index contributed by atoms with van der Waals surface area (Å²) >= 11 is 7.18. The Labute approximate surface area is 124 Å². The van der Waals surface area contributed by atoms with E-state index in [0.717, 1.165) is 16.3 Å². The molecule has 1 aromatic carbocycles. The lowest BCUT2D eigenvalue weighted by Crippen LogP contribution is -2.33. The first-order chi connectivity index (χ1) is 9.60. The summed E-state index contributed by atoms with van der Waals surface area (Å²) in [5.41, 5.74) is 7.07. The van der Waals surface area contributed by atoms with Gasteiger partial charge in [-0.2, -0.15) is 0 Å². The Bertz CT molecular complexity index is 642. The van der Waals surface area contributed by atoms with E-state index in [2.05, 4.69) is 10.3 Å². The van der Waals surface area contributed by atoms with Crippen molar-refractivity contribution in [2.75, 3.05) is 6.54 Å². The molecule has 5 nitrogen and oxygen atoms in total. The van der Waals surface area contributed by atoms with Crippen LogP contribution in [0.4, 0.5) is 0 Å². The molecule has 2 rings (SSSR count). The third-order valence-electron chi connectivity index (χ3n) is 2.48. The van der Waals surface area contributed by atoms with Gasteiger partial charge in [-0.1, -0.05) is 12.1 Å². The number of alkyl halides is 1. The zero-order chi connectivity index (χ0) is 14.5. The van der Waals surface area contributed by atoms with Crippen LogP contribution in [0.15, 0.2) is 29.6 Å². The Morgan fingerprint density at radius 3 is 2.85 bits per heavy atom. The van der Waals surface area contributed by atoms with Crippen molar-refractivity contribution >= 4 is 34.8 Å². The molecule has 2 amide bonds. The standard InChI is InChI=1S/C13H12ClN3O2S/c14-5-10-7-20-13(17-10)9-3-1-2-8(4-9)12(19)16-6-11(15)18/h1-4,7H,5-6H2,(H2,15,18)(H,16,19). The second kappa shape index (κ2) is 6.49. The lowest BCUT2D eigenvalue weighted by atomic mass is 10.1. The molecule has 104 valence electrons. The Morgan fingerprint density at radius 1 is 1.40 bits per heavy atom. The van der Waals surface area contributed by atoms with Gasteiger partial charge in [0.15, 0.2) is 0 Å². The molecule has 0 unspecified atom stereocenters. The Morgan fingerprint density at radius 2 is 2.20 bits per heavy atom. The molecule has 0 saturated heterocycles. The van der Waals surface area contributed by atoms with Crippen molar-refractivity contribution < 1.29 is 9.59 Å². The van der Waals surface area contributed by atoms with E-state index in [1.54, 1.807) is 18.2 Å². The van der Waals surface area contributed by atoms with Crippen LogP contribution < -0.4 is 11.1 Å². The second-order valence-electron chi connectivity index (χ2n) is 4.01. The van der Waals surface area contributed by atoms with Crippen LogP contribution in [0.5, 0.6) is 0 Å². The second-order valence-corrected chi connectivity index (χ2v) is 5.13. The summed E-state index contributed by atoms with van der Waals surface area (Å²) < 4.78 is 0. The van der Waals surface area contributed by atoms with Gasteiger partial charge < -0.3 is 11.1 Å². The molecule has 0 fully saturated rings. The average Bonchev–Trinajstić information content (AvgIpc) is 2.94. The van der Waals surface area contributed by atoms with Crippen LogP contribution >= 0.6 is 22.9 Å². The first-order valence-corrected chi connectivity index (χ1v) is 7.19. The van der Waals surface area contributed by atoms with Crippen molar-refractivity contribution in [3.63, 3.8) is 0 Å². The molecule has 0 aliphatic heterocycles. The SMILES string of the molecule is NC(=O)CNC(=O)c1cccc(-c2nc(CCl)cs2)c1.